The van der Waals surface area contributed by atoms with Gasteiger partial charge >= 0.3 is 5.97 Å². The molecular formula is C10H17NO4. The van der Waals surface area contributed by atoms with Crippen LogP contribution >= 0.6 is 0 Å². The van der Waals surface area contributed by atoms with Crippen LogP contribution in [-0.2, 0) is 9.59 Å². The normalized spacial score (nSPS) is 17.9. The molecule has 1 fully saturated rings. The van der Waals surface area contributed by atoms with Gasteiger partial charge < -0.3 is 15.5 Å². The van der Waals surface area contributed by atoms with Gasteiger partial charge in [-0.2, -0.15) is 0 Å². The third-order valence-electron chi connectivity index (χ3n) is 2.75. The lowest BCUT2D eigenvalue weighted by Gasteiger charge is -2.25. The molecule has 0 saturated heterocycles. The lowest BCUT2D eigenvalue weighted by atomic mass is 9.83. The van der Waals surface area contributed by atoms with Gasteiger partial charge in [0.05, 0.1) is 0 Å². The molecule has 5 nitrogen and oxygen atoms in total. The Morgan fingerprint density at radius 1 is 1.40 bits per heavy atom. The van der Waals surface area contributed by atoms with Crippen molar-refractivity contribution in [1.29, 1.82) is 0 Å². The molecule has 0 bridgehead atoms. The van der Waals surface area contributed by atoms with E-state index in [1.54, 1.807) is 0 Å². The number of carbonyl (C=O) groups is 2. The summed E-state index contributed by atoms with van der Waals surface area (Å²) in [5, 5.41) is 19.8. The van der Waals surface area contributed by atoms with E-state index >= 15 is 0 Å². The number of aliphatic hydroxyl groups excluding tert-OH is 1. The molecule has 1 amide bonds. The van der Waals surface area contributed by atoms with E-state index in [4.69, 9.17) is 10.2 Å². The van der Waals surface area contributed by atoms with Crippen LogP contribution in [0.15, 0.2) is 0 Å². The van der Waals surface area contributed by atoms with Crippen molar-refractivity contribution in [2.45, 2.75) is 38.1 Å². The molecular weight excluding hydrogens is 198 g/mol. The number of hydrogen-bond donors (Lipinski definition) is 3. The molecule has 0 aromatic heterocycles. The van der Waals surface area contributed by atoms with Crippen LogP contribution in [0.2, 0.25) is 0 Å². The van der Waals surface area contributed by atoms with Gasteiger partial charge in [-0.3, -0.25) is 4.79 Å². The van der Waals surface area contributed by atoms with E-state index < -0.39 is 12.0 Å². The van der Waals surface area contributed by atoms with Crippen LogP contribution in [0.25, 0.3) is 0 Å². The van der Waals surface area contributed by atoms with Crippen LogP contribution in [-0.4, -0.2) is 34.7 Å². The number of nitrogens with one attached hydrogen (secondary N) is 1. The minimum atomic E-state index is -1.09. The monoisotopic (exact) mass is 215 g/mol. The van der Waals surface area contributed by atoms with Crippen LogP contribution in [0.3, 0.4) is 0 Å². The number of carbonyl (C=O) groups excluding carboxylic acids is 1. The zero-order chi connectivity index (χ0) is 11.3. The number of aliphatic carboxylic acids is 1. The van der Waals surface area contributed by atoms with E-state index in [9.17, 15) is 9.59 Å². The van der Waals surface area contributed by atoms with Crippen LogP contribution in [0.4, 0.5) is 0 Å². The Hall–Kier alpha value is -1.10. The summed E-state index contributed by atoms with van der Waals surface area (Å²) in [7, 11) is 0. The quantitative estimate of drug-likeness (QED) is 0.587. The van der Waals surface area contributed by atoms with E-state index in [2.05, 4.69) is 5.32 Å². The summed E-state index contributed by atoms with van der Waals surface area (Å²) in [5.74, 6) is -0.889. The number of hydrogen-bond acceptors (Lipinski definition) is 3. The first kappa shape index (κ1) is 12.0. The van der Waals surface area contributed by atoms with E-state index in [1.807, 2.05) is 0 Å². The number of amides is 1. The van der Waals surface area contributed by atoms with Crippen LogP contribution in [0.1, 0.15) is 32.1 Å². The van der Waals surface area contributed by atoms with Crippen molar-refractivity contribution in [3.63, 3.8) is 0 Å². The Bertz CT molecular complexity index is 238. The fourth-order valence-electron chi connectivity index (χ4n) is 1.60. The van der Waals surface area contributed by atoms with Gasteiger partial charge in [-0.05, 0) is 18.8 Å². The smallest absolute Gasteiger partial charge is 0.326 e. The molecule has 15 heavy (non-hydrogen) atoms. The molecule has 0 aromatic rings. The second-order valence-corrected chi connectivity index (χ2v) is 3.97. The predicted molar refractivity (Wildman–Crippen MR) is 53.2 cm³/mol. The van der Waals surface area contributed by atoms with Crippen LogP contribution < -0.4 is 5.32 Å². The molecule has 1 rings (SSSR count). The molecule has 0 radical (unpaired) electrons. The third kappa shape index (κ3) is 3.87. The SMILES string of the molecule is O=C(CC1CCC1)N[C@@H](CCO)C(=O)O. The lowest BCUT2D eigenvalue weighted by molar-refractivity contribution is -0.142. The van der Waals surface area contributed by atoms with Crippen LogP contribution in [0, 0.1) is 5.92 Å². The molecule has 5 heteroatoms. The number of aliphatic hydroxyl groups is 1. The highest BCUT2D eigenvalue weighted by atomic mass is 16.4. The lowest BCUT2D eigenvalue weighted by Crippen LogP contribution is -2.42. The second-order valence-electron chi connectivity index (χ2n) is 3.97. The van der Waals surface area contributed by atoms with Gasteiger partial charge in [-0.25, -0.2) is 4.79 Å². The van der Waals surface area contributed by atoms with E-state index in [0.29, 0.717) is 12.3 Å². The summed E-state index contributed by atoms with van der Waals surface area (Å²) in [6, 6.07) is -0.956. The van der Waals surface area contributed by atoms with Crippen molar-refractivity contribution in [1.82, 2.24) is 5.32 Å². The first-order valence-corrected chi connectivity index (χ1v) is 5.26. The van der Waals surface area contributed by atoms with Gasteiger partial charge in [0.1, 0.15) is 6.04 Å². The molecule has 1 aliphatic carbocycles. The van der Waals surface area contributed by atoms with Gasteiger partial charge in [0.2, 0.25) is 5.91 Å². The first-order valence-electron chi connectivity index (χ1n) is 5.26. The Labute approximate surface area is 88.5 Å². The fraction of sp³-hybridized carbons (Fsp3) is 0.800. The van der Waals surface area contributed by atoms with Gasteiger partial charge in [0, 0.05) is 19.4 Å². The van der Waals surface area contributed by atoms with Crippen molar-refractivity contribution in [3.8, 4) is 0 Å². The molecule has 0 unspecified atom stereocenters. The number of carboxylic acid groups (broad SMARTS) is 1. The van der Waals surface area contributed by atoms with Crippen molar-refractivity contribution in [2.75, 3.05) is 6.61 Å². The standard InChI is InChI=1S/C10H17NO4/c12-5-4-8(10(14)15)11-9(13)6-7-2-1-3-7/h7-8,12H,1-6H2,(H,11,13)(H,14,15)/t8-/m0/s1. The zero-order valence-electron chi connectivity index (χ0n) is 8.61. The summed E-state index contributed by atoms with van der Waals surface area (Å²) < 4.78 is 0. The summed E-state index contributed by atoms with van der Waals surface area (Å²) in [6.07, 6.45) is 3.76. The molecule has 1 aliphatic rings. The first-order chi connectivity index (χ1) is 7.13. The van der Waals surface area contributed by atoms with Crippen molar-refractivity contribution >= 4 is 11.9 Å². The summed E-state index contributed by atoms with van der Waals surface area (Å²) in [5.41, 5.74) is 0. The molecule has 0 heterocycles. The Balaban J connectivity index is 2.28. The van der Waals surface area contributed by atoms with Crippen molar-refractivity contribution in [2.24, 2.45) is 5.92 Å². The highest BCUT2D eigenvalue weighted by Crippen LogP contribution is 2.29. The molecule has 0 spiro atoms. The maximum atomic E-state index is 11.4. The van der Waals surface area contributed by atoms with Gasteiger partial charge in [0.15, 0.2) is 0 Å². The predicted octanol–water partition coefficient (Wildman–Crippen LogP) is 0.128. The average molecular weight is 215 g/mol. The van der Waals surface area contributed by atoms with Gasteiger partial charge in [-0.15, -0.1) is 0 Å². The number of rotatable bonds is 6. The third-order valence-corrected chi connectivity index (χ3v) is 2.75. The van der Waals surface area contributed by atoms with Gasteiger partial charge in [0.25, 0.3) is 0 Å². The Morgan fingerprint density at radius 3 is 2.47 bits per heavy atom. The highest BCUT2D eigenvalue weighted by molar-refractivity contribution is 5.83. The molecule has 3 N–H and O–H groups in total. The van der Waals surface area contributed by atoms with Crippen LogP contribution in [0.5, 0.6) is 0 Å². The largest absolute Gasteiger partial charge is 0.480 e. The maximum Gasteiger partial charge on any atom is 0.326 e. The summed E-state index contributed by atoms with van der Waals surface area (Å²) in [4.78, 5) is 22.0. The molecule has 0 aliphatic heterocycles. The van der Waals surface area contributed by atoms with Crippen molar-refractivity contribution in [3.05, 3.63) is 0 Å². The maximum absolute atomic E-state index is 11.4. The Morgan fingerprint density at radius 2 is 2.07 bits per heavy atom. The molecule has 86 valence electrons. The molecule has 0 aromatic carbocycles. The Kier molecular flexibility index (Phi) is 4.55. The fourth-order valence-corrected chi connectivity index (χ4v) is 1.60. The minimum Gasteiger partial charge on any atom is -0.480 e. The highest BCUT2D eigenvalue weighted by Gasteiger charge is 2.24. The second kappa shape index (κ2) is 5.70. The minimum absolute atomic E-state index is 0.0613. The zero-order valence-corrected chi connectivity index (χ0v) is 8.61. The topological polar surface area (TPSA) is 86.6 Å². The summed E-state index contributed by atoms with van der Waals surface area (Å²) in [6.45, 7) is -0.235. The average Bonchev–Trinajstić information content (AvgIpc) is 2.10. The summed E-state index contributed by atoms with van der Waals surface area (Å²) >= 11 is 0. The number of carboxylic acids is 1. The molecule has 1 saturated carbocycles. The van der Waals surface area contributed by atoms with E-state index in [-0.39, 0.29) is 18.9 Å². The van der Waals surface area contributed by atoms with E-state index in [0.717, 1.165) is 19.3 Å². The van der Waals surface area contributed by atoms with Crippen molar-refractivity contribution < 1.29 is 19.8 Å². The van der Waals surface area contributed by atoms with E-state index in [1.165, 1.54) is 0 Å². The molecule has 1 atom stereocenters. The van der Waals surface area contributed by atoms with Gasteiger partial charge in [-0.1, -0.05) is 6.42 Å².